The summed E-state index contributed by atoms with van der Waals surface area (Å²) >= 11 is 0. The molecular formula is C11H22N2O2. The zero-order chi connectivity index (χ0) is 11.4. The predicted octanol–water partition coefficient (Wildman–Crippen LogP) is 0.779. The van der Waals surface area contributed by atoms with Gasteiger partial charge in [-0.05, 0) is 25.8 Å². The molecule has 1 aliphatic carbocycles. The Morgan fingerprint density at radius 3 is 2.53 bits per heavy atom. The molecular weight excluding hydrogens is 192 g/mol. The molecule has 0 aromatic heterocycles. The Bertz CT molecular complexity index is 215. The third kappa shape index (κ3) is 4.18. The highest BCUT2D eigenvalue weighted by molar-refractivity contribution is 5.73. The van der Waals surface area contributed by atoms with E-state index in [0.29, 0.717) is 0 Å². The van der Waals surface area contributed by atoms with Crippen LogP contribution in [0.25, 0.3) is 0 Å². The van der Waals surface area contributed by atoms with Crippen molar-refractivity contribution in [2.75, 3.05) is 20.1 Å². The molecule has 0 aromatic carbocycles. The number of carboxylic acid groups (broad SMARTS) is 1. The molecule has 0 saturated heterocycles. The second-order valence-corrected chi connectivity index (χ2v) is 4.73. The van der Waals surface area contributed by atoms with Gasteiger partial charge >= 0.3 is 5.97 Å². The van der Waals surface area contributed by atoms with Crippen molar-refractivity contribution in [3.63, 3.8) is 0 Å². The van der Waals surface area contributed by atoms with E-state index in [4.69, 9.17) is 5.11 Å². The smallest absolute Gasteiger partial charge is 0.320 e. The van der Waals surface area contributed by atoms with Crippen LogP contribution >= 0.6 is 0 Å². The zero-order valence-electron chi connectivity index (χ0n) is 9.86. The molecule has 0 spiro atoms. The van der Waals surface area contributed by atoms with Gasteiger partial charge in [0.2, 0.25) is 0 Å². The normalized spacial score (nSPS) is 18.5. The summed E-state index contributed by atoms with van der Waals surface area (Å²) < 4.78 is 0. The Balaban J connectivity index is 2.18. The maximum atomic E-state index is 10.9. The van der Waals surface area contributed by atoms with Crippen molar-refractivity contribution in [2.24, 2.45) is 5.92 Å². The summed E-state index contributed by atoms with van der Waals surface area (Å²) in [5.74, 6) is -0.618. The average Bonchev–Trinajstić information content (AvgIpc) is 2.93. The van der Waals surface area contributed by atoms with Crippen LogP contribution < -0.4 is 5.32 Å². The van der Waals surface area contributed by atoms with E-state index in [1.165, 1.54) is 12.8 Å². The van der Waals surface area contributed by atoms with Gasteiger partial charge in [-0.1, -0.05) is 13.8 Å². The predicted molar refractivity (Wildman–Crippen MR) is 59.9 cm³/mol. The van der Waals surface area contributed by atoms with Crippen LogP contribution in [0.4, 0.5) is 0 Å². The molecule has 1 unspecified atom stereocenters. The number of carbonyl (C=O) groups is 1. The summed E-state index contributed by atoms with van der Waals surface area (Å²) in [6, 6.07) is 0.326. The summed E-state index contributed by atoms with van der Waals surface area (Å²) in [6.07, 6.45) is 2.59. The molecule has 4 nitrogen and oxygen atoms in total. The molecule has 4 heteroatoms. The number of nitrogens with zero attached hydrogens (tertiary/aromatic N) is 1. The quantitative estimate of drug-likeness (QED) is 0.657. The van der Waals surface area contributed by atoms with E-state index >= 15 is 0 Å². The van der Waals surface area contributed by atoms with Crippen LogP contribution in [-0.4, -0.2) is 48.2 Å². The van der Waals surface area contributed by atoms with Gasteiger partial charge in [0.05, 0.1) is 0 Å². The number of rotatable bonds is 7. The first-order chi connectivity index (χ1) is 7.02. The largest absolute Gasteiger partial charge is 0.480 e. The molecule has 2 N–H and O–H groups in total. The third-order valence-electron chi connectivity index (χ3n) is 2.93. The Labute approximate surface area is 91.6 Å². The van der Waals surface area contributed by atoms with Gasteiger partial charge in [0.15, 0.2) is 0 Å². The molecule has 1 saturated carbocycles. The highest BCUT2D eigenvalue weighted by atomic mass is 16.4. The lowest BCUT2D eigenvalue weighted by atomic mass is 10.1. The Kier molecular flexibility index (Phi) is 4.54. The summed E-state index contributed by atoms with van der Waals surface area (Å²) in [6.45, 7) is 5.54. The van der Waals surface area contributed by atoms with Gasteiger partial charge in [0.25, 0.3) is 0 Å². The minimum atomic E-state index is -0.751. The van der Waals surface area contributed by atoms with Crippen LogP contribution in [-0.2, 0) is 4.79 Å². The summed E-state index contributed by atoms with van der Waals surface area (Å²) in [4.78, 5) is 13.2. The molecule has 15 heavy (non-hydrogen) atoms. The monoisotopic (exact) mass is 214 g/mol. The van der Waals surface area contributed by atoms with Crippen molar-refractivity contribution in [1.29, 1.82) is 0 Å². The molecule has 88 valence electrons. The number of hydrogen-bond acceptors (Lipinski definition) is 3. The molecule has 0 aliphatic heterocycles. The van der Waals surface area contributed by atoms with Crippen LogP contribution in [0.15, 0.2) is 0 Å². The second-order valence-electron chi connectivity index (χ2n) is 4.73. The van der Waals surface area contributed by atoms with E-state index < -0.39 is 12.0 Å². The van der Waals surface area contributed by atoms with Crippen molar-refractivity contribution in [1.82, 2.24) is 10.2 Å². The van der Waals surface area contributed by atoms with E-state index in [0.717, 1.165) is 19.1 Å². The molecule has 0 bridgehead atoms. The van der Waals surface area contributed by atoms with Gasteiger partial charge in [-0.25, -0.2) is 0 Å². The van der Waals surface area contributed by atoms with Gasteiger partial charge in [-0.15, -0.1) is 0 Å². The van der Waals surface area contributed by atoms with Crippen LogP contribution in [0.3, 0.4) is 0 Å². The molecule has 1 aliphatic rings. The van der Waals surface area contributed by atoms with E-state index in [1.54, 1.807) is 0 Å². The third-order valence-corrected chi connectivity index (χ3v) is 2.93. The highest BCUT2D eigenvalue weighted by Crippen LogP contribution is 2.24. The van der Waals surface area contributed by atoms with Crippen LogP contribution in [0, 0.1) is 5.92 Å². The Morgan fingerprint density at radius 1 is 1.53 bits per heavy atom. The van der Waals surface area contributed by atoms with Crippen LogP contribution in [0.1, 0.15) is 26.7 Å². The maximum Gasteiger partial charge on any atom is 0.320 e. The average molecular weight is 214 g/mol. The Morgan fingerprint density at radius 2 is 2.13 bits per heavy atom. The second kappa shape index (κ2) is 5.47. The first-order valence-electron chi connectivity index (χ1n) is 5.68. The number of carboxylic acids is 1. The van der Waals surface area contributed by atoms with Crippen molar-refractivity contribution in [3.8, 4) is 0 Å². The first-order valence-corrected chi connectivity index (χ1v) is 5.68. The number of aliphatic carboxylic acids is 1. The van der Waals surface area contributed by atoms with Crippen molar-refractivity contribution >= 4 is 5.97 Å². The maximum absolute atomic E-state index is 10.9. The van der Waals surface area contributed by atoms with Gasteiger partial charge in [-0.3, -0.25) is 4.79 Å². The van der Waals surface area contributed by atoms with Crippen molar-refractivity contribution in [2.45, 2.75) is 38.8 Å². The van der Waals surface area contributed by atoms with E-state index in [-0.39, 0.29) is 5.92 Å². The summed E-state index contributed by atoms with van der Waals surface area (Å²) in [5.41, 5.74) is 0. The topological polar surface area (TPSA) is 52.6 Å². The number of hydrogen-bond donors (Lipinski definition) is 2. The lowest BCUT2D eigenvalue weighted by Gasteiger charge is -2.21. The lowest BCUT2D eigenvalue weighted by molar-refractivity contribution is -0.140. The summed E-state index contributed by atoms with van der Waals surface area (Å²) in [7, 11) is 2.10. The van der Waals surface area contributed by atoms with E-state index in [9.17, 15) is 4.79 Å². The van der Waals surface area contributed by atoms with Gasteiger partial charge in [0.1, 0.15) is 6.04 Å². The summed E-state index contributed by atoms with van der Waals surface area (Å²) in [5, 5.41) is 12.0. The minimum Gasteiger partial charge on any atom is -0.480 e. The highest BCUT2D eigenvalue weighted by Gasteiger charge is 2.26. The molecule has 0 amide bonds. The standard InChI is InChI=1S/C11H22N2O2/c1-8(2)10(11(14)15)12-6-7-13(3)9-4-5-9/h8-10,12H,4-7H2,1-3H3,(H,14,15). The van der Waals surface area contributed by atoms with Crippen molar-refractivity contribution < 1.29 is 9.90 Å². The van der Waals surface area contributed by atoms with Gasteiger partial charge < -0.3 is 15.3 Å². The lowest BCUT2D eigenvalue weighted by Crippen LogP contribution is -2.44. The van der Waals surface area contributed by atoms with E-state index in [2.05, 4.69) is 17.3 Å². The fourth-order valence-electron chi connectivity index (χ4n) is 1.70. The SMILES string of the molecule is CC(C)C(NCCN(C)C1CC1)C(=O)O. The van der Waals surface area contributed by atoms with Gasteiger partial charge in [0, 0.05) is 19.1 Å². The minimum absolute atomic E-state index is 0.133. The van der Waals surface area contributed by atoms with Crippen LogP contribution in [0.2, 0.25) is 0 Å². The molecule has 0 aromatic rings. The number of likely N-dealkylation sites (N-methyl/N-ethyl adjacent to an activating group) is 1. The number of nitrogens with one attached hydrogen (secondary N) is 1. The molecule has 1 rings (SSSR count). The first kappa shape index (κ1) is 12.5. The molecule has 0 heterocycles. The molecule has 1 atom stereocenters. The van der Waals surface area contributed by atoms with Crippen molar-refractivity contribution in [3.05, 3.63) is 0 Å². The van der Waals surface area contributed by atoms with Gasteiger partial charge in [-0.2, -0.15) is 0 Å². The zero-order valence-corrected chi connectivity index (χ0v) is 9.86. The fourth-order valence-corrected chi connectivity index (χ4v) is 1.70. The fraction of sp³-hybridized carbons (Fsp3) is 0.909. The Hall–Kier alpha value is -0.610. The molecule has 0 radical (unpaired) electrons. The van der Waals surface area contributed by atoms with E-state index in [1.807, 2.05) is 13.8 Å². The van der Waals surface area contributed by atoms with Crippen LogP contribution in [0.5, 0.6) is 0 Å². The molecule has 1 fully saturated rings.